The number of hydrogen-bond acceptors (Lipinski definition) is 23. The van der Waals surface area contributed by atoms with Crippen molar-refractivity contribution < 1.29 is 101 Å². The van der Waals surface area contributed by atoms with Crippen molar-refractivity contribution in [2.75, 3.05) is 81.3 Å². The standard InChI is InChI=1S/C47H69NO8S.C43H67NO10.C14H17NO3/c1-8-9-10-14-23-30-45(53-34-35-54-45)31-24-15-12-11-13-22-29-39(46(51,32-33-52-7)42(50)55-44(4,5)6)41(49)48-40(36(2)3)47(56-43(48)57,37-25-18-16-19-26-37)38-27-20-17-21-28-38;1-8-10-12-16-19-26-42(52-31-32-53-42)27-20-17-14-13-15-18-21-36(43(48,28-30-49-6)40(47)54-41(3,4)5)38(45)44-37(39(46)50-7)33-34-22-24-35(25-23-34)51-29-11-9-2;1-3-4-9-18-12-7-5-11(6-8-12)10-13(15)14(16)17-2/h16-22,25-29,36,39-40,51H,8-15,23-24,30-35H2,1-7H3;18,21-25,36-37,48H,8,10,12-17,19-20,26-33H2,1-7H3,(H,44,45);5-8,13H,9-10,15H2,1-2H3/b29-22+;21-18+;/t39-,40+,46+;36-,37+,43+;13-/m110/s1. The van der Waals surface area contributed by atoms with Gasteiger partial charge in [-0.05, 0) is 167 Å². The van der Waals surface area contributed by atoms with Crippen LogP contribution in [-0.2, 0) is 99.3 Å². The van der Waals surface area contributed by atoms with Crippen LogP contribution in [0.2, 0.25) is 0 Å². The first-order valence-corrected chi connectivity index (χ1v) is 47.1. The first-order chi connectivity index (χ1) is 61.7. The van der Waals surface area contributed by atoms with E-state index in [2.05, 4.69) is 47.6 Å². The number of aliphatic hydroxyl groups is 2. The number of benzene rings is 4. The third kappa shape index (κ3) is 37.2. The summed E-state index contributed by atoms with van der Waals surface area (Å²) in [5, 5.41) is 27.2. The van der Waals surface area contributed by atoms with E-state index in [1.165, 1.54) is 84.7 Å². The normalized spacial score (nSPS) is 16.9. The molecule has 4 aromatic rings. The van der Waals surface area contributed by atoms with Crippen LogP contribution in [0.15, 0.2) is 133 Å². The number of ether oxygens (including phenoxy) is 13. The van der Waals surface area contributed by atoms with Gasteiger partial charge in [-0.3, -0.25) is 19.3 Å². The number of thiocarbonyl (C=S) groups is 1. The zero-order valence-corrected chi connectivity index (χ0v) is 81.0. The number of nitrogens with zero attached hydrogens (tertiary/aromatic N) is 1. The Morgan fingerprint density at radius 1 is 0.535 bits per heavy atom. The van der Waals surface area contributed by atoms with E-state index in [0.717, 1.165) is 118 Å². The largest absolute Gasteiger partial charge is 0.481 e. The van der Waals surface area contributed by atoms with E-state index in [4.69, 9.17) is 74.8 Å². The molecule has 7 rings (SSSR count). The molecule has 0 saturated carbocycles. The first-order valence-electron chi connectivity index (χ1n) is 46.6. The molecule has 0 radical (unpaired) electrons. The van der Waals surface area contributed by atoms with Gasteiger partial charge in [-0.25, -0.2) is 14.4 Å². The highest BCUT2D eigenvalue weighted by molar-refractivity contribution is 7.80. The van der Waals surface area contributed by atoms with E-state index in [1.807, 2.05) is 111 Å². The van der Waals surface area contributed by atoms with Crippen molar-refractivity contribution in [2.45, 2.75) is 321 Å². The van der Waals surface area contributed by atoms with E-state index in [-0.39, 0.29) is 50.2 Å². The van der Waals surface area contributed by atoms with Gasteiger partial charge in [-0.2, -0.15) is 0 Å². The second-order valence-corrected chi connectivity index (χ2v) is 36.0. The molecular formula is C104H153N3O21S. The zero-order chi connectivity index (χ0) is 94.8. The van der Waals surface area contributed by atoms with Gasteiger partial charge in [-0.1, -0.05) is 226 Å². The lowest BCUT2D eigenvalue weighted by Crippen LogP contribution is -2.58. The van der Waals surface area contributed by atoms with Gasteiger partial charge >= 0.3 is 23.9 Å². The van der Waals surface area contributed by atoms with Gasteiger partial charge in [0.15, 0.2) is 28.4 Å². The highest BCUT2D eigenvalue weighted by Gasteiger charge is 2.61. The van der Waals surface area contributed by atoms with Crippen LogP contribution in [0.5, 0.6) is 11.5 Å². The van der Waals surface area contributed by atoms with Crippen molar-refractivity contribution >= 4 is 53.1 Å². The topological polar surface area (TPSA) is 304 Å². The Morgan fingerprint density at radius 3 is 1.29 bits per heavy atom. The molecule has 25 heteroatoms. The van der Waals surface area contributed by atoms with E-state index in [9.17, 15) is 34.2 Å². The highest BCUT2D eigenvalue weighted by Crippen LogP contribution is 2.49. The quantitative estimate of drug-likeness (QED) is 0.00797. The second-order valence-electron chi connectivity index (χ2n) is 35.7. The summed E-state index contributed by atoms with van der Waals surface area (Å²) in [6.07, 6.45) is 31.8. The molecule has 7 atom stereocenters. The molecule has 0 aliphatic carbocycles. The molecule has 0 aromatic heterocycles. The van der Waals surface area contributed by atoms with Crippen LogP contribution >= 0.6 is 12.2 Å². The van der Waals surface area contributed by atoms with E-state index >= 15 is 4.79 Å². The van der Waals surface area contributed by atoms with Gasteiger partial charge in [0, 0.05) is 83.5 Å². The van der Waals surface area contributed by atoms with Crippen LogP contribution in [0.3, 0.4) is 0 Å². The Bertz CT molecular complexity index is 4090. The fraction of sp³-hybridized carbons (Fsp3) is 0.625. The molecule has 129 heavy (non-hydrogen) atoms. The van der Waals surface area contributed by atoms with Crippen molar-refractivity contribution in [3.05, 3.63) is 156 Å². The predicted molar refractivity (Wildman–Crippen MR) is 506 cm³/mol. The Hall–Kier alpha value is -8.57. The average molecular weight is 1810 g/mol. The fourth-order valence-corrected chi connectivity index (χ4v) is 16.4. The summed E-state index contributed by atoms with van der Waals surface area (Å²) in [7, 11) is 5.51. The van der Waals surface area contributed by atoms with Gasteiger partial charge in [0.1, 0.15) is 48.0 Å². The lowest BCUT2D eigenvalue weighted by molar-refractivity contribution is -0.186. The molecule has 0 unspecified atom stereocenters. The SMILES string of the molecule is CC#CCOc1ccc(C[C@H](N)C(=O)OC)cc1.CC#CCOc1ccc(C[C@H](NC(=O)[C@@H](/C=C/CCCCCCC2(CCCCCCC)OCCO2)[C@@](O)(CCOC)C(=O)OC(C)(C)C)C(=O)OC)cc1.CCCCCCCC1(CCCCCC/C=C/[C@H](C(=O)N2C(=S)OC(c3ccccc3)(c3ccccc3)[C@@H]2C(C)C)[C@@](O)(CCOC)C(=O)OC(C)(C)C)OCCO1. The molecule has 2 amide bonds. The number of rotatable bonds is 54. The number of carbonyl (C=O) groups is 6. The summed E-state index contributed by atoms with van der Waals surface area (Å²) in [6.45, 7) is 25.5. The van der Waals surface area contributed by atoms with E-state index in [0.29, 0.717) is 58.0 Å². The lowest BCUT2D eigenvalue weighted by Gasteiger charge is -2.40. The number of unbranched alkanes of at least 4 members (excludes halogenated alkanes) is 16. The Balaban J connectivity index is 0.000000383. The third-order valence-electron chi connectivity index (χ3n) is 22.9. The summed E-state index contributed by atoms with van der Waals surface area (Å²) >= 11 is 5.95. The van der Waals surface area contributed by atoms with Crippen LogP contribution in [0.4, 0.5) is 0 Å². The maximum absolute atomic E-state index is 15.3. The van der Waals surface area contributed by atoms with Crippen LogP contribution in [-0.4, -0.2) is 189 Å². The van der Waals surface area contributed by atoms with Gasteiger partial charge in [-0.15, -0.1) is 11.8 Å². The monoisotopic (exact) mass is 1810 g/mol. The maximum Gasteiger partial charge on any atom is 0.339 e. The third-order valence-corrected chi connectivity index (χ3v) is 23.1. The summed E-state index contributed by atoms with van der Waals surface area (Å²) in [5.74, 6) is 4.55. The average Bonchev–Trinajstić information content (AvgIpc) is 1.57. The number of carbonyl (C=O) groups excluding carboxylic acids is 6. The highest BCUT2D eigenvalue weighted by atomic mass is 32.1. The predicted octanol–water partition coefficient (Wildman–Crippen LogP) is 18.0. The minimum atomic E-state index is -2.28. The van der Waals surface area contributed by atoms with E-state index < -0.39 is 105 Å². The molecule has 3 fully saturated rings. The summed E-state index contributed by atoms with van der Waals surface area (Å²) < 4.78 is 73.8. The van der Waals surface area contributed by atoms with Gasteiger partial charge < -0.3 is 82.8 Å². The molecule has 4 aromatic carbocycles. The molecule has 0 bridgehead atoms. The number of methoxy groups -OCH3 is 4. The minimum absolute atomic E-state index is 0.0142. The summed E-state index contributed by atoms with van der Waals surface area (Å²) in [4.78, 5) is 82.6. The Kier molecular flexibility index (Phi) is 50.2. The van der Waals surface area contributed by atoms with Crippen LogP contribution in [0.1, 0.15) is 272 Å². The van der Waals surface area contributed by atoms with Crippen molar-refractivity contribution in [2.24, 2.45) is 23.5 Å². The van der Waals surface area contributed by atoms with Crippen molar-refractivity contribution in [3.8, 4) is 35.2 Å². The van der Waals surface area contributed by atoms with Crippen LogP contribution in [0, 0.1) is 41.4 Å². The Labute approximate surface area is 775 Å². The lowest BCUT2D eigenvalue weighted by atomic mass is 9.75. The van der Waals surface area contributed by atoms with Gasteiger partial charge in [0.05, 0.1) is 58.5 Å². The van der Waals surface area contributed by atoms with Crippen molar-refractivity contribution in [1.29, 1.82) is 0 Å². The molecular weight excluding hydrogens is 1660 g/mol. The molecule has 716 valence electrons. The fourth-order valence-electron chi connectivity index (χ4n) is 16.1. The summed E-state index contributed by atoms with van der Waals surface area (Å²) in [5.41, 5.74) is 1.51. The molecule has 0 spiro atoms. The van der Waals surface area contributed by atoms with Crippen LogP contribution in [0.25, 0.3) is 0 Å². The number of allylic oxidation sites excluding steroid dienone is 2. The molecule has 24 nitrogen and oxygen atoms in total. The molecule has 3 aliphatic heterocycles. The van der Waals surface area contributed by atoms with Crippen LogP contribution < -0.4 is 20.5 Å². The molecule has 3 heterocycles. The number of nitrogens with two attached hydrogens (primary N) is 1. The molecule has 3 aliphatic rings. The Morgan fingerprint density at radius 2 is 0.915 bits per heavy atom. The number of esters is 4. The number of hydrogen-bond donors (Lipinski definition) is 4. The van der Waals surface area contributed by atoms with Crippen molar-refractivity contribution in [3.63, 3.8) is 0 Å². The molecule has 3 saturated heterocycles. The smallest absolute Gasteiger partial charge is 0.339 e. The number of amides is 2. The first kappa shape index (κ1) is 111. The second kappa shape index (κ2) is 58.4. The summed E-state index contributed by atoms with van der Waals surface area (Å²) in [6, 6.07) is 31.7. The van der Waals surface area contributed by atoms with Gasteiger partial charge in [0.2, 0.25) is 11.8 Å². The van der Waals surface area contributed by atoms with Gasteiger partial charge in [0.25, 0.3) is 5.17 Å². The molecule has 5 N–H and O–H groups in total. The van der Waals surface area contributed by atoms with E-state index in [1.54, 1.807) is 91.8 Å². The minimum Gasteiger partial charge on any atom is -0.481 e. The maximum atomic E-state index is 15.3. The number of nitrogens with one attached hydrogen (secondary N) is 1. The zero-order valence-electron chi connectivity index (χ0n) is 80.2. The van der Waals surface area contributed by atoms with Crippen molar-refractivity contribution in [1.82, 2.24) is 10.2 Å².